The molecule has 3 heteroatoms. The maximum atomic E-state index is 6.16. The molecule has 0 amide bonds. The maximum absolute atomic E-state index is 6.16. The van der Waals surface area contributed by atoms with Crippen molar-refractivity contribution in [2.24, 2.45) is 11.7 Å². The van der Waals surface area contributed by atoms with E-state index in [2.05, 4.69) is 34.7 Å². The fourth-order valence-corrected chi connectivity index (χ4v) is 2.81. The Bertz CT molecular complexity index is 336. The lowest BCUT2D eigenvalue weighted by Gasteiger charge is -2.31. The Kier molecular flexibility index (Phi) is 3.34. The number of hydrogen-bond acceptors (Lipinski definition) is 1. The van der Waals surface area contributed by atoms with Gasteiger partial charge in [0.25, 0.3) is 0 Å². The van der Waals surface area contributed by atoms with Gasteiger partial charge in [-0.2, -0.15) is 0 Å². The zero-order chi connectivity index (χ0) is 10.1. The van der Waals surface area contributed by atoms with Crippen molar-refractivity contribution in [1.82, 2.24) is 0 Å². The van der Waals surface area contributed by atoms with Crippen LogP contribution in [0.3, 0.4) is 0 Å². The van der Waals surface area contributed by atoms with Gasteiger partial charge in [0.15, 0.2) is 0 Å². The molecular formula is C11H13ClIN. The summed E-state index contributed by atoms with van der Waals surface area (Å²) in [6.07, 6.45) is 3.83. The molecule has 0 heterocycles. The average Bonchev–Trinajstić information content (AvgIpc) is 2.00. The molecule has 1 aromatic rings. The van der Waals surface area contributed by atoms with Gasteiger partial charge in [0, 0.05) is 14.6 Å². The lowest BCUT2D eigenvalue weighted by atomic mass is 9.77. The third-order valence-electron chi connectivity index (χ3n) is 2.98. The van der Waals surface area contributed by atoms with Gasteiger partial charge in [-0.15, -0.1) is 0 Å². The molecule has 1 fully saturated rings. The van der Waals surface area contributed by atoms with E-state index < -0.39 is 0 Å². The van der Waals surface area contributed by atoms with E-state index >= 15 is 0 Å². The van der Waals surface area contributed by atoms with Gasteiger partial charge >= 0.3 is 0 Å². The van der Waals surface area contributed by atoms with Gasteiger partial charge in [-0.1, -0.05) is 24.1 Å². The van der Waals surface area contributed by atoms with Crippen LogP contribution in [0.5, 0.6) is 0 Å². The summed E-state index contributed by atoms with van der Waals surface area (Å²) < 4.78 is 1.16. The van der Waals surface area contributed by atoms with E-state index in [0.717, 1.165) is 14.2 Å². The minimum atomic E-state index is 0.133. The van der Waals surface area contributed by atoms with Crippen LogP contribution in [0.4, 0.5) is 0 Å². The van der Waals surface area contributed by atoms with Crippen molar-refractivity contribution in [2.45, 2.75) is 25.3 Å². The van der Waals surface area contributed by atoms with Gasteiger partial charge in [-0.25, -0.2) is 0 Å². The fourth-order valence-electron chi connectivity index (χ4n) is 1.82. The Balaban J connectivity index is 2.22. The van der Waals surface area contributed by atoms with Crippen LogP contribution in [0.25, 0.3) is 0 Å². The number of hydrogen-bond donors (Lipinski definition) is 1. The van der Waals surface area contributed by atoms with E-state index in [1.54, 1.807) is 0 Å². The van der Waals surface area contributed by atoms with E-state index in [0.29, 0.717) is 5.92 Å². The summed E-state index contributed by atoms with van der Waals surface area (Å²) in [5.74, 6) is 0.646. The first-order valence-corrected chi connectivity index (χ1v) is 6.34. The molecule has 1 atom stereocenters. The van der Waals surface area contributed by atoms with Crippen molar-refractivity contribution in [3.05, 3.63) is 32.4 Å². The molecular weight excluding hydrogens is 308 g/mol. The van der Waals surface area contributed by atoms with Crippen LogP contribution in [0.2, 0.25) is 5.02 Å². The molecule has 1 nitrogen and oxygen atoms in total. The highest BCUT2D eigenvalue weighted by atomic mass is 127. The van der Waals surface area contributed by atoms with Gasteiger partial charge in [-0.3, -0.25) is 0 Å². The summed E-state index contributed by atoms with van der Waals surface area (Å²) >= 11 is 8.43. The quantitative estimate of drug-likeness (QED) is 0.825. The standard InChI is InChI=1S/C11H13ClIN/c12-10-6-8(13)4-5-9(10)11(14)7-2-1-3-7/h4-7,11H,1-3,14H2. The average molecular weight is 322 g/mol. The van der Waals surface area contributed by atoms with Crippen LogP contribution in [0.15, 0.2) is 18.2 Å². The van der Waals surface area contributed by atoms with Crippen LogP contribution in [-0.4, -0.2) is 0 Å². The molecule has 2 N–H and O–H groups in total. The molecule has 1 aliphatic carbocycles. The maximum Gasteiger partial charge on any atom is 0.0464 e. The van der Waals surface area contributed by atoms with Gasteiger partial charge in [0.1, 0.15) is 0 Å². The summed E-state index contributed by atoms with van der Waals surface area (Å²) in [4.78, 5) is 0. The third kappa shape index (κ3) is 2.07. The molecule has 2 rings (SSSR count). The zero-order valence-electron chi connectivity index (χ0n) is 7.84. The Morgan fingerprint density at radius 1 is 1.43 bits per heavy atom. The molecule has 1 aliphatic rings. The van der Waals surface area contributed by atoms with E-state index in [1.807, 2.05) is 6.07 Å². The van der Waals surface area contributed by atoms with Gasteiger partial charge in [-0.05, 0) is 59.0 Å². The van der Waals surface area contributed by atoms with Gasteiger partial charge in [0.05, 0.1) is 0 Å². The number of nitrogens with two attached hydrogens (primary N) is 1. The first-order valence-electron chi connectivity index (χ1n) is 4.89. The van der Waals surface area contributed by atoms with Crippen LogP contribution in [0, 0.1) is 9.49 Å². The SMILES string of the molecule is NC(c1ccc(I)cc1Cl)C1CCC1. The molecule has 1 aromatic carbocycles. The molecule has 0 aromatic heterocycles. The summed E-state index contributed by atoms with van der Waals surface area (Å²) in [6.45, 7) is 0. The second-order valence-corrected chi connectivity index (χ2v) is 5.54. The third-order valence-corrected chi connectivity index (χ3v) is 3.98. The largest absolute Gasteiger partial charge is 0.324 e. The summed E-state index contributed by atoms with van der Waals surface area (Å²) in [6, 6.07) is 6.25. The Hall–Kier alpha value is 0.200. The van der Waals surface area contributed by atoms with Crippen LogP contribution in [-0.2, 0) is 0 Å². The minimum Gasteiger partial charge on any atom is -0.324 e. The van der Waals surface area contributed by atoms with Crippen LogP contribution in [0.1, 0.15) is 30.9 Å². The molecule has 14 heavy (non-hydrogen) atoms. The molecule has 0 saturated heterocycles. The highest BCUT2D eigenvalue weighted by Crippen LogP contribution is 2.38. The first-order chi connectivity index (χ1) is 6.68. The Morgan fingerprint density at radius 3 is 2.64 bits per heavy atom. The number of rotatable bonds is 2. The highest BCUT2D eigenvalue weighted by Gasteiger charge is 2.26. The van der Waals surface area contributed by atoms with Crippen molar-refractivity contribution in [3.63, 3.8) is 0 Å². The predicted molar refractivity (Wildman–Crippen MR) is 68.4 cm³/mol. The predicted octanol–water partition coefficient (Wildman–Crippen LogP) is 3.74. The van der Waals surface area contributed by atoms with Crippen molar-refractivity contribution >= 4 is 34.2 Å². The lowest BCUT2D eigenvalue weighted by molar-refractivity contribution is 0.264. The summed E-state index contributed by atoms with van der Waals surface area (Å²) in [5.41, 5.74) is 7.27. The summed E-state index contributed by atoms with van der Waals surface area (Å²) in [5, 5.41) is 0.816. The van der Waals surface area contributed by atoms with E-state index in [1.165, 1.54) is 19.3 Å². The molecule has 0 bridgehead atoms. The molecule has 0 radical (unpaired) electrons. The van der Waals surface area contributed by atoms with Gasteiger partial charge < -0.3 is 5.73 Å². The number of benzene rings is 1. The minimum absolute atomic E-state index is 0.133. The molecule has 0 spiro atoms. The second-order valence-electron chi connectivity index (χ2n) is 3.88. The van der Waals surface area contributed by atoms with Crippen molar-refractivity contribution < 1.29 is 0 Å². The van der Waals surface area contributed by atoms with Gasteiger partial charge in [0.2, 0.25) is 0 Å². The van der Waals surface area contributed by atoms with Crippen molar-refractivity contribution in [2.75, 3.05) is 0 Å². The van der Waals surface area contributed by atoms with Crippen molar-refractivity contribution in [3.8, 4) is 0 Å². The Morgan fingerprint density at radius 2 is 2.14 bits per heavy atom. The van der Waals surface area contributed by atoms with E-state index in [9.17, 15) is 0 Å². The van der Waals surface area contributed by atoms with Crippen LogP contribution < -0.4 is 5.73 Å². The normalized spacial score (nSPS) is 19.1. The van der Waals surface area contributed by atoms with Crippen molar-refractivity contribution in [1.29, 1.82) is 0 Å². The van der Waals surface area contributed by atoms with Crippen LogP contribution >= 0.6 is 34.2 Å². The molecule has 1 unspecified atom stereocenters. The van der Waals surface area contributed by atoms with E-state index in [4.69, 9.17) is 17.3 Å². The molecule has 76 valence electrons. The zero-order valence-corrected chi connectivity index (χ0v) is 10.8. The second kappa shape index (κ2) is 4.37. The smallest absolute Gasteiger partial charge is 0.0464 e. The topological polar surface area (TPSA) is 26.0 Å². The Labute approximate surface area is 103 Å². The molecule has 1 saturated carbocycles. The lowest BCUT2D eigenvalue weighted by Crippen LogP contribution is -2.27. The summed E-state index contributed by atoms with van der Waals surface area (Å²) in [7, 11) is 0. The monoisotopic (exact) mass is 321 g/mol. The van der Waals surface area contributed by atoms with E-state index in [-0.39, 0.29) is 6.04 Å². The first kappa shape index (κ1) is 10.7. The fraction of sp³-hybridized carbons (Fsp3) is 0.455. The number of halogens is 2. The molecule has 0 aliphatic heterocycles. The highest BCUT2D eigenvalue weighted by molar-refractivity contribution is 14.1.